The van der Waals surface area contributed by atoms with Crippen molar-refractivity contribution in [2.24, 2.45) is 5.73 Å². The molecule has 5 heteroatoms. The van der Waals surface area contributed by atoms with Gasteiger partial charge in [-0.3, -0.25) is 4.79 Å². The van der Waals surface area contributed by atoms with E-state index in [0.717, 1.165) is 38.6 Å². The highest BCUT2D eigenvalue weighted by atomic mass is 19.1. The van der Waals surface area contributed by atoms with Gasteiger partial charge in [0.1, 0.15) is 5.82 Å². The second-order valence-electron chi connectivity index (χ2n) is 8.13. The summed E-state index contributed by atoms with van der Waals surface area (Å²) in [6, 6.07) is 18.2. The van der Waals surface area contributed by atoms with Gasteiger partial charge in [-0.1, -0.05) is 24.3 Å². The van der Waals surface area contributed by atoms with E-state index in [4.69, 9.17) is 5.73 Å². The van der Waals surface area contributed by atoms with Crippen LogP contribution in [0.5, 0.6) is 0 Å². The lowest BCUT2D eigenvalue weighted by atomic mass is 9.95. The Bertz CT molecular complexity index is 1220. The van der Waals surface area contributed by atoms with Crippen LogP contribution in [0.2, 0.25) is 0 Å². The number of nitrogens with two attached hydrogens (primary N) is 1. The highest BCUT2D eigenvalue weighted by Crippen LogP contribution is 2.29. The van der Waals surface area contributed by atoms with Gasteiger partial charge in [-0.15, -0.1) is 0 Å². The average molecular weight is 389 g/mol. The molecule has 4 nitrogen and oxygen atoms in total. The smallest absolute Gasteiger partial charge is 0.231 e. The van der Waals surface area contributed by atoms with Crippen molar-refractivity contribution in [2.75, 3.05) is 5.32 Å². The molecule has 1 heterocycles. The molecule has 0 aliphatic carbocycles. The molecule has 1 atom stereocenters. The minimum Gasteiger partial charge on any atom is -0.354 e. The van der Waals surface area contributed by atoms with Crippen molar-refractivity contribution < 1.29 is 9.18 Å². The number of amides is 1. The summed E-state index contributed by atoms with van der Waals surface area (Å²) < 4.78 is 13.5. The first-order chi connectivity index (χ1) is 13.7. The van der Waals surface area contributed by atoms with E-state index in [0.29, 0.717) is 0 Å². The Morgan fingerprint density at radius 1 is 1.03 bits per heavy atom. The Morgan fingerprint density at radius 2 is 1.72 bits per heavy atom. The van der Waals surface area contributed by atoms with Gasteiger partial charge >= 0.3 is 0 Å². The van der Waals surface area contributed by atoms with Crippen LogP contribution in [0.25, 0.3) is 21.8 Å². The fourth-order valence-electron chi connectivity index (χ4n) is 3.57. The molecule has 3 aromatic carbocycles. The number of hydrogen-bond acceptors (Lipinski definition) is 2. The third-order valence-electron chi connectivity index (χ3n) is 5.35. The summed E-state index contributed by atoms with van der Waals surface area (Å²) in [5, 5.41) is 4.95. The summed E-state index contributed by atoms with van der Waals surface area (Å²) in [5.41, 5.74) is 9.87. The van der Waals surface area contributed by atoms with E-state index in [1.807, 2.05) is 63.2 Å². The van der Waals surface area contributed by atoms with Crippen LogP contribution >= 0.6 is 0 Å². The number of carbonyl (C=O) groups excluding carboxylic acids is 1. The molecule has 0 aliphatic heterocycles. The Kier molecular flexibility index (Phi) is 4.63. The summed E-state index contributed by atoms with van der Waals surface area (Å²) in [7, 11) is 0. The van der Waals surface area contributed by atoms with E-state index in [9.17, 15) is 9.18 Å². The molecule has 0 saturated heterocycles. The van der Waals surface area contributed by atoms with Gasteiger partial charge in [0, 0.05) is 33.0 Å². The number of anilines is 1. The summed E-state index contributed by atoms with van der Waals surface area (Å²) in [5.74, 6) is -0.726. The fraction of sp³-hybridized carbons (Fsp3) is 0.208. The average Bonchev–Trinajstić information content (AvgIpc) is 3.03. The highest BCUT2D eigenvalue weighted by Gasteiger charge is 2.19. The number of hydrogen-bond donors (Lipinski definition) is 3. The third kappa shape index (κ3) is 3.74. The Morgan fingerprint density at radius 3 is 2.45 bits per heavy atom. The van der Waals surface area contributed by atoms with E-state index < -0.39 is 5.54 Å². The van der Waals surface area contributed by atoms with Crippen LogP contribution in [-0.4, -0.2) is 10.9 Å². The molecule has 0 spiro atoms. The Balaban J connectivity index is 1.60. The number of aromatic nitrogens is 1. The molecule has 148 valence electrons. The number of aromatic amines is 1. The van der Waals surface area contributed by atoms with Crippen LogP contribution in [0.3, 0.4) is 0 Å². The van der Waals surface area contributed by atoms with Gasteiger partial charge in [0.25, 0.3) is 0 Å². The predicted molar refractivity (Wildman–Crippen MR) is 116 cm³/mol. The molecular formula is C24H24FN3O. The van der Waals surface area contributed by atoms with Gasteiger partial charge in [-0.2, -0.15) is 0 Å². The molecule has 0 radical (unpaired) electrons. The molecule has 4 aromatic rings. The van der Waals surface area contributed by atoms with Crippen LogP contribution in [0.15, 0.2) is 60.7 Å². The fourth-order valence-corrected chi connectivity index (χ4v) is 3.57. The lowest BCUT2D eigenvalue weighted by Gasteiger charge is -2.20. The van der Waals surface area contributed by atoms with Crippen molar-refractivity contribution in [2.45, 2.75) is 32.2 Å². The van der Waals surface area contributed by atoms with Crippen molar-refractivity contribution in [3.63, 3.8) is 0 Å². The maximum absolute atomic E-state index is 13.5. The monoisotopic (exact) mass is 389 g/mol. The number of rotatable bonds is 4. The van der Waals surface area contributed by atoms with Gasteiger partial charge in [-0.05, 0) is 68.3 Å². The number of fused-ring (bicyclic) bond motifs is 3. The molecule has 0 fully saturated rings. The van der Waals surface area contributed by atoms with Crippen LogP contribution in [0.1, 0.15) is 37.8 Å². The Labute approximate surface area is 168 Å². The van der Waals surface area contributed by atoms with Gasteiger partial charge in [-0.25, -0.2) is 4.39 Å². The zero-order chi connectivity index (χ0) is 20.8. The summed E-state index contributed by atoms with van der Waals surface area (Å²) in [6.07, 6.45) is 0. The second-order valence-corrected chi connectivity index (χ2v) is 8.13. The van der Waals surface area contributed by atoms with E-state index in [-0.39, 0.29) is 17.6 Å². The quantitative estimate of drug-likeness (QED) is 0.437. The van der Waals surface area contributed by atoms with Crippen LogP contribution < -0.4 is 11.1 Å². The van der Waals surface area contributed by atoms with Gasteiger partial charge in [0.05, 0.1) is 5.92 Å². The summed E-state index contributed by atoms with van der Waals surface area (Å²) in [4.78, 5) is 16.1. The number of nitrogens with one attached hydrogen (secondary N) is 2. The first-order valence-corrected chi connectivity index (χ1v) is 9.63. The molecular weight excluding hydrogens is 365 g/mol. The van der Waals surface area contributed by atoms with Crippen molar-refractivity contribution in [1.29, 1.82) is 0 Å². The maximum atomic E-state index is 13.5. The minimum absolute atomic E-state index is 0.0986. The number of benzene rings is 3. The Hall–Kier alpha value is -3.18. The van der Waals surface area contributed by atoms with Crippen molar-refractivity contribution in [3.05, 3.63) is 77.6 Å². The lowest BCUT2D eigenvalue weighted by Crippen LogP contribution is -2.28. The zero-order valence-corrected chi connectivity index (χ0v) is 16.7. The van der Waals surface area contributed by atoms with Crippen molar-refractivity contribution >= 4 is 33.4 Å². The number of H-pyrrole nitrogens is 1. The van der Waals surface area contributed by atoms with Gasteiger partial charge in [0.15, 0.2) is 0 Å². The molecule has 4 N–H and O–H groups in total. The molecule has 1 unspecified atom stereocenters. The highest BCUT2D eigenvalue weighted by molar-refractivity contribution is 6.07. The standard InChI is InChI=1S/C24H24FN3O/c1-14(23(29)27-18-6-4-5-16(12-18)24(2,3)26)15-7-9-19-20-10-8-17(25)13-22(20)28-21(19)11-15/h4-14,28H,26H2,1-3H3,(H,27,29). The first kappa shape index (κ1) is 19.2. The molecule has 0 bridgehead atoms. The molecule has 0 aliphatic rings. The topological polar surface area (TPSA) is 70.9 Å². The maximum Gasteiger partial charge on any atom is 0.231 e. The van der Waals surface area contributed by atoms with E-state index >= 15 is 0 Å². The normalized spacial score (nSPS) is 13.0. The van der Waals surface area contributed by atoms with Crippen LogP contribution in [0.4, 0.5) is 10.1 Å². The van der Waals surface area contributed by atoms with Crippen LogP contribution in [-0.2, 0) is 10.3 Å². The van der Waals surface area contributed by atoms with Crippen molar-refractivity contribution in [3.8, 4) is 0 Å². The molecule has 1 aromatic heterocycles. The molecule has 1 amide bonds. The van der Waals surface area contributed by atoms with E-state index in [1.54, 1.807) is 6.07 Å². The van der Waals surface area contributed by atoms with Gasteiger partial charge in [0.2, 0.25) is 5.91 Å². The predicted octanol–water partition coefficient (Wildman–Crippen LogP) is 5.40. The van der Waals surface area contributed by atoms with Crippen molar-refractivity contribution in [1.82, 2.24) is 4.98 Å². The molecule has 29 heavy (non-hydrogen) atoms. The largest absolute Gasteiger partial charge is 0.354 e. The van der Waals surface area contributed by atoms with E-state index in [2.05, 4.69) is 10.3 Å². The van der Waals surface area contributed by atoms with E-state index in [1.165, 1.54) is 12.1 Å². The number of halogens is 1. The SMILES string of the molecule is CC(C(=O)Nc1cccc(C(C)(C)N)c1)c1ccc2c(c1)[nH]c1cc(F)ccc12. The minimum atomic E-state index is -0.480. The van der Waals surface area contributed by atoms with Crippen LogP contribution in [0, 0.1) is 5.82 Å². The summed E-state index contributed by atoms with van der Waals surface area (Å²) in [6.45, 7) is 5.73. The lowest BCUT2D eigenvalue weighted by molar-refractivity contribution is -0.117. The first-order valence-electron chi connectivity index (χ1n) is 9.63. The number of carbonyl (C=O) groups is 1. The summed E-state index contributed by atoms with van der Waals surface area (Å²) >= 11 is 0. The second kappa shape index (κ2) is 7.01. The third-order valence-corrected chi connectivity index (χ3v) is 5.35. The van der Waals surface area contributed by atoms with Gasteiger partial charge < -0.3 is 16.0 Å². The molecule has 0 saturated carbocycles. The molecule has 4 rings (SSSR count). The zero-order valence-electron chi connectivity index (χ0n) is 16.7.